The minimum absolute atomic E-state index is 0.110. The van der Waals surface area contributed by atoms with E-state index in [0.717, 1.165) is 5.56 Å². The van der Waals surface area contributed by atoms with Crippen LogP contribution in [0, 0.1) is 0 Å². The quantitative estimate of drug-likeness (QED) is 0.706. The Balaban J connectivity index is 1.92. The average molecular weight is 358 g/mol. The molecule has 0 saturated carbocycles. The Labute approximate surface area is 149 Å². The fourth-order valence-corrected chi connectivity index (χ4v) is 2.67. The number of carbonyl (C=O) groups excluding carboxylic acids is 1. The molecule has 5 nitrogen and oxygen atoms in total. The van der Waals surface area contributed by atoms with Crippen LogP contribution >= 0.6 is 11.6 Å². The zero-order valence-corrected chi connectivity index (χ0v) is 14.2. The lowest BCUT2D eigenvalue weighted by molar-refractivity contribution is -0.163. The van der Waals surface area contributed by atoms with Gasteiger partial charge in [-0.1, -0.05) is 41.9 Å². The third-order valence-corrected chi connectivity index (χ3v) is 4.10. The summed E-state index contributed by atoms with van der Waals surface area (Å²) in [5.41, 5.74) is -0.726. The molecular formula is C19H16ClNO4. The van der Waals surface area contributed by atoms with Gasteiger partial charge in [-0.2, -0.15) is 0 Å². The van der Waals surface area contributed by atoms with Gasteiger partial charge in [0.05, 0.1) is 19.7 Å². The van der Waals surface area contributed by atoms with Gasteiger partial charge in [-0.25, -0.2) is 9.78 Å². The van der Waals surface area contributed by atoms with Gasteiger partial charge in [-0.15, -0.1) is 0 Å². The van der Waals surface area contributed by atoms with Gasteiger partial charge in [0.15, 0.2) is 5.60 Å². The summed E-state index contributed by atoms with van der Waals surface area (Å²) in [5, 5.41) is 11.5. The summed E-state index contributed by atoms with van der Waals surface area (Å²) in [6.07, 6.45) is 1.38. The highest BCUT2D eigenvalue weighted by atomic mass is 35.5. The number of carbonyl (C=O) groups is 1. The molecule has 0 amide bonds. The monoisotopic (exact) mass is 357 g/mol. The number of rotatable bonds is 5. The van der Waals surface area contributed by atoms with E-state index in [1.54, 1.807) is 24.3 Å². The molecule has 0 saturated heterocycles. The Morgan fingerprint density at radius 3 is 2.52 bits per heavy atom. The summed E-state index contributed by atoms with van der Waals surface area (Å²) in [5.74, 6) is -0.00638. The van der Waals surface area contributed by atoms with Crippen LogP contribution in [0.25, 0.3) is 11.5 Å². The van der Waals surface area contributed by atoms with Gasteiger partial charge in [0, 0.05) is 10.6 Å². The van der Waals surface area contributed by atoms with Gasteiger partial charge in [0.25, 0.3) is 0 Å². The summed E-state index contributed by atoms with van der Waals surface area (Å²) >= 11 is 5.88. The molecule has 128 valence electrons. The van der Waals surface area contributed by atoms with E-state index in [0.29, 0.717) is 22.2 Å². The number of hydrogen-bond donors (Lipinski definition) is 1. The number of oxazole rings is 1. The van der Waals surface area contributed by atoms with E-state index in [2.05, 4.69) is 4.98 Å². The molecule has 0 aliphatic heterocycles. The van der Waals surface area contributed by atoms with E-state index in [9.17, 15) is 9.90 Å². The Kier molecular flexibility index (Phi) is 4.88. The van der Waals surface area contributed by atoms with Gasteiger partial charge >= 0.3 is 5.97 Å². The molecule has 1 N–H and O–H groups in total. The third kappa shape index (κ3) is 3.57. The number of hydrogen-bond acceptors (Lipinski definition) is 5. The second-order valence-corrected chi connectivity index (χ2v) is 5.97. The standard InChI is InChI=1S/C19H16ClNO4/c1-24-18(22)19(23,14-7-9-15(20)10-8-14)11-16-12-21-17(25-16)13-5-3-2-4-6-13/h2-10,12,23H,11H2,1H3/t19-/m0/s1. The number of benzene rings is 2. The highest BCUT2D eigenvalue weighted by Gasteiger charge is 2.40. The molecule has 1 heterocycles. The summed E-state index contributed by atoms with van der Waals surface area (Å²) in [6.45, 7) is 0. The molecule has 2 aromatic carbocycles. The van der Waals surface area contributed by atoms with Crippen molar-refractivity contribution >= 4 is 17.6 Å². The van der Waals surface area contributed by atoms with Gasteiger partial charge in [0.1, 0.15) is 5.76 Å². The van der Waals surface area contributed by atoms with Crippen molar-refractivity contribution in [3.8, 4) is 11.5 Å². The largest absolute Gasteiger partial charge is 0.467 e. The second-order valence-electron chi connectivity index (χ2n) is 5.53. The average Bonchev–Trinajstić information content (AvgIpc) is 3.10. The normalized spacial score (nSPS) is 13.2. The van der Waals surface area contributed by atoms with Gasteiger partial charge in [-0.3, -0.25) is 0 Å². The van der Waals surface area contributed by atoms with Crippen molar-refractivity contribution in [2.75, 3.05) is 7.11 Å². The first-order valence-corrected chi connectivity index (χ1v) is 7.97. The molecule has 0 spiro atoms. The SMILES string of the molecule is COC(=O)[C@](O)(Cc1cnc(-c2ccccc2)o1)c1ccc(Cl)cc1. The number of aliphatic hydroxyl groups is 1. The van der Waals surface area contributed by atoms with E-state index in [4.69, 9.17) is 20.8 Å². The van der Waals surface area contributed by atoms with Crippen molar-refractivity contribution in [1.29, 1.82) is 0 Å². The molecular weight excluding hydrogens is 342 g/mol. The van der Waals surface area contributed by atoms with Crippen LogP contribution < -0.4 is 0 Å². The Bertz CT molecular complexity index is 861. The predicted molar refractivity (Wildman–Crippen MR) is 93.0 cm³/mol. The molecule has 0 aliphatic rings. The van der Waals surface area contributed by atoms with Crippen LogP contribution in [-0.2, 0) is 21.6 Å². The van der Waals surface area contributed by atoms with Crippen molar-refractivity contribution in [2.24, 2.45) is 0 Å². The summed E-state index contributed by atoms with van der Waals surface area (Å²) in [4.78, 5) is 16.4. The maximum Gasteiger partial charge on any atom is 0.343 e. The van der Waals surface area contributed by atoms with Crippen LogP contribution in [-0.4, -0.2) is 23.2 Å². The molecule has 0 bridgehead atoms. The van der Waals surface area contributed by atoms with Crippen molar-refractivity contribution in [2.45, 2.75) is 12.0 Å². The molecule has 25 heavy (non-hydrogen) atoms. The highest BCUT2D eigenvalue weighted by molar-refractivity contribution is 6.30. The summed E-state index contributed by atoms with van der Waals surface area (Å²) in [6, 6.07) is 15.7. The minimum atomic E-state index is -1.90. The van der Waals surface area contributed by atoms with Crippen molar-refractivity contribution in [1.82, 2.24) is 4.98 Å². The second kappa shape index (κ2) is 7.09. The lowest BCUT2D eigenvalue weighted by Gasteiger charge is -2.24. The lowest BCUT2D eigenvalue weighted by Crippen LogP contribution is -2.39. The van der Waals surface area contributed by atoms with Gasteiger partial charge < -0.3 is 14.3 Å². The Morgan fingerprint density at radius 2 is 1.88 bits per heavy atom. The number of methoxy groups -OCH3 is 1. The van der Waals surface area contributed by atoms with E-state index in [1.165, 1.54) is 13.3 Å². The zero-order valence-electron chi connectivity index (χ0n) is 13.5. The smallest absolute Gasteiger partial charge is 0.343 e. The number of nitrogens with zero attached hydrogens (tertiary/aromatic N) is 1. The first kappa shape index (κ1) is 17.2. The molecule has 1 atom stereocenters. The fraction of sp³-hybridized carbons (Fsp3) is 0.158. The maximum atomic E-state index is 12.2. The molecule has 1 aromatic heterocycles. The molecule has 3 rings (SSSR count). The molecule has 0 aliphatic carbocycles. The van der Waals surface area contributed by atoms with Crippen LogP contribution in [0.1, 0.15) is 11.3 Å². The molecule has 0 radical (unpaired) electrons. The molecule has 0 unspecified atom stereocenters. The Morgan fingerprint density at radius 1 is 1.20 bits per heavy atom. The number of halogens is 1. The minimum Gasteiger partial charge on any atom is -0.467 e. The summed E-state index contributed by atoms with van der Waals surface area (Å²) in [7, 11) is 1.22. The number of aromatic nitrogens is 1. The lowest BCUT2D eigenvalue weighted by atomic mass is 9.89. The molecule has 0 fully saturated rings. The highest BCUT2D eigenvalue weighted by Crippen LogP contribution is 2.30. The van der Waals surface area contributed by atoms with Crippen molar-refractivity contribution < 1.29 is 19.1 Å². The fourth-order valence-electron chi connectivity index (χ4n) is 2.54. The van der Waals surface area contributed by atoms with Gasteiger partial charge in [-0.05, 0) is 29.8 Å². The van der Waals surface area contributed by atoms with Gasteiger partial charge in [0.2, 0.25) is 5.89 Å². The Hall–Kier alpha value is -2.63. The molecule has 6 heteroatoms. The summed E-state index contributed by atoms with van der Waals surface area (Å²) < 4.78 is 10.5. The van der Waals surface area contributed by atoms with E-state index < -0.39 is 11.6 Å². The first-order valence-electron chi connectivity index (χ1n) is 7.60. The zero-order chi connectivity index (χ0) is 17.9. The first-order chi connectivity index (χ1) is 12.0. The predicted octanol–water partition coefficient (Wildman–Crippen LogP) is 3.60. The van der Waals surface area contributed by atoms with Crippen LogP contribution in [0.15, 0.2) is 65.2 Å². The van der Waals surface area contributed by atoms with Crippen molar-refractivity contribution in [3.63, 3.8) is 0 Å². The number of ether oxygens (including phenoxy) is 1. The van der Waals surface area contributed by atoms with E-state index >= 15 is 0 Å². The van der Waals surface area contributed by atoms with E-state index in [-0.39, 0.29) is 6.42 Å². The maximum absolute atomic E-state index is 12.2. The van der Waals surface area contributed by atoms with Crippen LogP contribution in [0.5, 0.6) is 0 Å². The van der Waals surface area contributed by atoms with Crippen LogP contribution in [0.4, 0.5) is 0 Å². The van der Waals surface area contributed by atoms with Crippen LogP contribution in [0.3, 0.4) is 0 Å². The third-order valence-electron chi connectivity index (χ3n) is 3.85. The van der Waals surface area contributed by atoms with Crippen LogP contribution in [0.2, 0.25) is 5.02 Å². The number of esters is 1. The van der Waals surface area contributed by atoms with Crippen molar-refractivity contribution in [3.05, 3.63) is 77.1 Å². The van der Waals surface area contributed by atoms with E-state index in [1.807, 2.05) is 30.3 Å². The topological polar surface area (TPSA) is 72.6 Å². The molecule has 3 aromatic rings.